The molecule has 0 aliphatic carbocycles. The summed E-state index contributed by atoms with van der Waals surface area (Å²) in [5, 5.41) is 0.759. The van der Waals surface area contributed by atoms with Crippen molar-refractivity contribution in [3.8, 4) is 5.75 Å². The van der Waals surface area contributed by atoms with E-state index >= 15 is 0 Å². The molecule has 2 aromatic carbocycles. The van der Waals surface area contributed by atoms with Gasteiger partial charge in [0.25, 0.3) is 0 Å². The maximum Gasteiger partial charge on any atom is 0.340 e. The predicted molar refractivity (Wildman–Crippen MR) is 109 cm³/mol. The zero-order valence-electron chi connectivity index (χ0n) is 13.2. The maximum atomic E-state index is 12.9. The lowest BCUT2D eigenvalue weighted by Gasteiger charge is -2.14. The van der Waals surface area contributed by atoms with Gasteiger partial charge in [0.2, 0.25) is 0 Å². The van der Waals surface area contributed by atoms with Gasteiger partial charge >= 0.3 is 10.1 Å². The number of nitrogens with zero attached hydrogens (tertiary/aromatic N) is 1. The number of fused-ring (bicyclic) bond motifs is 1. The molecule has 0 fully saturated rings. The van der Waals surface area contributed by atoms with Crippen LogP contribution >= 0.6 is 47.8 Å². The molecule has 0 amide bonds. The zero-order valence-corrected chi connectivity index (χ0v) is 18.8. The molecule has 4 nitrogen and oxygen atoms in total. The van der Waals surface area contributed by atoms with E-state index in [9.17, 15) is 8.42 Å². The average Bonchev–Trinajstić information content (AvgIpc) is 2.54. The standard InChI is InChI=1S/C17H12Br3NO3S/c1-9-6-13(19)15(7-10(9)2)25(22,23)24-17-14(20)8-12(18)11-4-3-5-21-16(11)17/h3-8H,1-2H3. The van der Waals surface area contributed by atoms with Crippen LogP contribution in [-0.2, 0) is 10.1 Å². The molecule has 0 bridgehead atoms. The molecule has 0 spiro atoms. The fraction of sp³-hybridized carbons (Fsp3) is 0.118. The van der Waals surface area contributed by atoms with E-state index in [-0.39, 0.29) is 10.6 Å². The zero-order chi connectivity index (χ0) is 18.4. The Kier molecular flexibility index (Phi) is 5.26. The molecule has 0 aliphatic heterocycles. The Bertz CT molecular complexity index is 1100. The molecule has 25 heavy (non-hydrogen) atoms. The first-order valence-electron chi connectivity index (χ1n) is 7.14. The molecule has 3 rings (SSSR count). The minimum atomic E-state index is -4.04. The van der Waals surface area contributed by atoms with Crippen LogP contribution in [0.2, 0.25) is 0 Å². The molecular weight excluding hydrogens is 538 g/mol. The molecule has 0 unspecified atom stereocenters. The van der Waals surface area contributed by atoms with Crippen molar-refractivity contribution in [2.45, 2.75) is 18.7 Å². The lowest BCUT2D eigenvalue weighted by atomic mass is 10.1. The van der Waals surface area contributed by atoms with E-state index in [4.69, 9.17) is 4.18 Å². The van der Waals surface area contributed by atoms with Gasteiger partial charge in [0, 0.05) is 20.5 Å². The van der Waals surface area contributed by atoms with E-state index in [1.165, 1.54) is 0 Å². The van der Waals surface area contributed by atoms with Gasteiger partial charge in [-0.15, -0.1) is 0 Å². The van der Waals surface area contributed by atoms with Gasteiger partial charge in [-0.3, -0.25) is 4.98 Å². The first-order chi connectivity index (χ1) is 11.7. The second-order valence-corrected chi connectivity index (χ2v) is 9.55. The second-order valence-electron chi connectivity index (χ2n) is 5.47. The smallest absolute Gasteiger partial charge is 0.340 e. The van der Waals surface area contributed by atoms with E-state index in [1.54, 1.807) is 30.5 Å². The number of halogens is 3. The predicted octanol–water partition coefficient (Wildman–Crippen LogP) is 5.91. The maximum absolute atomic E-state index is 12.9. The molecule has 3 aromatic rings. The third-order valence-corrected chi connectivity index (χ3v) is 7.19. The van der Waals surface area contributed by atoms with E-state index in [0.717, 1.165) is 21.0 Å². The molecule has 0 N–H and O–H groups in total. The number of benzene rings is 2. The highest BCUT2D eigenvalue weighted by atomic mass is 79.9. The third kappa shape index (κ3) is 3.63. The van der Waals surface area contributed by atoms with Gasteiger partial charge in [-0.2, -0.15) is 8.42 Å². The molecule has 0 aliphatic rings. The van der Waals surface area contributed by atoms with Crippen molar-refractivity contribution in [3.63, 3.8) is 0 Å². The van der Waals surface area contributed by atoms with Crippen molar-refractivity contribution in [3.05, 3.63) is 61.1 Å². The summed E-state index contributed by atoms with van der Waals surface area (Å²) in [6.07, 6.45) is 1.59. The van der Waals surface area contributed by atoms with E-state index in [2.05, 4.69) is 52.8 Å². The van der Waals surface area contributed by atoms with Crippen LogP contribution in [0.1, 0.15) is 11.1 Å². The highest BCUT2D eigenvalue weighted by Crippen LogP contribution is 2.39. The van der Waals surface area contributed by atoms with Crippen molar-refractivity contribution in [2.75, 3.05) is 0 Å². The summed E-state index contributed by atoms with van der Waals surface area (Å²) < 4.78 is 32.9. The number of aryl methyl sites for hydroxylation is 2. The van der Waals surface area contributed by atoms with Crippen molar-refractivity contribution < 1.29 is 12.6 Å². The summed E-state index contributed by atoms with van der Waals surface area (Å²) in [4.78, 5) is 4.35. The Hall–Kier alpha value is -0.960. The summed E-state index contributed by atoms with van der Waals surface area (Å²) >= 11 is 10.1. The third-order valence-electron chi connectivity index (χ3n) is 3.76. The number of aromatic nitrogens is 1. The van der Waals surface area contributed by atoms with Crippen LogP contribution in [0.15, 0.2) is 54.8 Å². The van der Waals surface area contributed by atoms with Crippen LogP contribution in [0.4, 0.5) is 0 Å². The quantitative estimate of drug-likeness (QED) is 0.381. The minimum absolute atomic E-state index is 0.0782. The molecule has 0 radical (unpaired) electrons. The van der Waals surface area contributed by atoms with Crippen LogP contribution in [-0.4, -0.2) is 13.4 Å². The van der Waals surface area contributed by atoms with Crippen LogP contribution in [0, 0.1) is 13.8 Å². The molecule has 0 saturated carbocycles. The van der Waals surface area contributed by atoms with E-state index < -0.39 is 10.1 Å². The van der Waals surface area contributed by atoms with Crippen LogP contribution < -0.4 is 4.18 Å². The van der Waals surface area contributed by atoms with Gasteiger partial charge in [0.05, 0.1) is 4.47 Å². The highest BCUT2D eigenvalue weighted by Gasteiger charge is 2.24. The van der Waals surface area contributed by atoms with Gasteiger partial charge in [0.1, 0.15) is 10.4 Å². The average molecular weight is 550 g/mol. The van der Waals surface area contributed by atoms with Gasteiger partial charge in [-0.05, 0) is 81.1 Å². The minimum Gasteiger partial charge on any atom is -0.375 e. The molecule has 8 heteroatoms. The normalized spacial score (nSPS) is 11.7. The Morgan fingerprint density at radius 2 is 1.64 bits per heavy atom. The SMILES string of the molecule is Cc1cc(Br)c(S(=O)(=O)Oc2c(Br)cc(Br)c3cccnc23)cc1C. The van der Waals surface area contributed by atoms with Gasteiger partial charge in [-0.1, -0.05) is 22.0 Å². The monoisotopic (exact) mass is 547 g/mol. The number of rotatable bonds is 3. The van der Waals surface area contributed by atoms with Crippen LogP contribution in [0.25, 0.3) is 10.9 Å². The van der Waals surface area contributed by atoms with Crippen LogP contribution in [0.5, 0.6) is 5.75 Å². The van der Waals surface area contributed by atoms with Gasteiger partial charge in [-0.25, -0.2) is 0 Å². The van der Waals surface area contributed by atoms with Gasteiger partial charge < -0.3 is 4.18 Å². The Morgan fingerprint density at radius 3 is 2.36 bits per heavy atom. The first kappa shape index (κ1) is 18.8. The number of hydrogen-bond donors (Lipinski definition) is 0. The fourth-order valence-electron chi connectivity index (χ4n) is 2.33. The van der Waals surface area contributed by atoms with Gasteiger partial charge in [0.15, 0.2) is 5.75 Å². The fourth-order valence-corrected chi connectivity index (χ4v) is 5.94. The van der Waals surface area contributed by atoms with Crippen molar-refractivity contribution >= 4 is 68.8 Å². The summed E-state index contributed by atoms with van der Waals surface area (Å²) in [6.45, 7) is 3.77. The topological polar surface area (TPSA) is 56.3 Å². The number of pyridine rings is 1. The van der Waals surface area contributed by atoms with Crippen molar-refractivity contribution in [1.82, 2.24) is 4.98 Å². The van der Waals surface area contributed by atoms with E-state index in [1.807, 2.05) is 19.9 Å². The van der Waals surface area contributed by atoms with Crippen LogP contribution in [0.3, 0.4) is 0 Å². The van der Waals surface area contributed by atoms with E-state index in [0.29, 0.717) is 14.5 Å². The second kappa shape index (κ2) is 6.98. The summed E-state index contributed by atoms with van der Waals surface area (Å²) in [6, 6.07) is 8.71. The number of hydrogen-bond acceptors (Lipinski definition) is 4. The molecule has 0 saturated heterocycles. The Balaban J connectivity index is 2.17. The lowest BCUT2D eigenvalue weighted by molar-refractivity contribution is 0.486. The largest absolute Gasteiger partial charge is 0.375 e. The Labute approximate surface area is 171 Å². The lowest BCUT2D eigenvalue weighted by Crippen LogP contribution is -2.12. The molecule has 130 valence electrons. The summed E-state index contributed by atoms with van der Waals surface area (Å²) in [7, 11) is -4.04. The highest BCUT2D eigenvalue weighted by molar-refractivity contribution is 9.11. The van der Waals surface area contributed by atoms with Crippen molar-refractivity contribution in [1.29, 1.82) is 0 Å². The Morgan fingerprint density at radius 1 is 0.960 bits per heavy atom. The molecular formula is C17H12Br3NO3S. The summed E-state index contributed by atoms with van der Waals surface area (Å²) in [5.74, 6) is 0.156. The molecule has 1 heterocycles. The first-order valence-corrected chi connectivity index (χ1v) is 10.9. The molecule has 1 aromatic heterocycles. The van der Waals surface area contributed by atoms with Crippen molar-refractivity contribution in [2.24, 2.45) is 0 Å². The molecule has 0 atom stereocenters. The summed E-state index contributed by atoms with van der Waals surface area (Å²) in [5.41, 5.74) is 2.30.